The van der Waals surface area contributed by atoms with Gasteiger partial charge >= 0.3 is 6.09 Å². The first-order chi connectivity index (χ1) is 13.2. The second kappa shape index (κ2) is 7.65. The molecule has 0 radical (unpaired) electrons. The molecule has 0 saturated carbocycles. The maximum absolute atomic E-state index is 12.1. The van der Waals surface area contributed by atoms with E-state index >= 15 is 0 Å². The number of carbonyl (C=O) groups excluding carboxylic acids is 1. The molecular formula is C20H23N3O4S. The Morgan fingerprint density at radius 1 is 1.32 bits per heavy atom. The van der Waals surface area contributed by atoms with E-state index in [1.54, 1.807) is 33.9 Å². The molecule has 0 spiro atoms. The van der Waals surface area contributed by atoms with Crippen molar-refractivity contribution in [1.29, 1.82) is 0 Å². The molecule has 1 heterocycles. The summed E-state index contributed by atoms with van der Waals surface area (Å²) in [6.07, 6.45) is -0.577. The molecule has 0 aliphatic carbocycles. The topological polar surface area (TPSA) is 107 Å². The second-order valence-electron chi connectivity index (χ2n) is 7.22. The molecule has 0 fully saturated rings. The largest absolute Gasteiger partial charge is 0.496 e. The summed E-state index contributed by atoms with van der Waals surface area (Å²) in [5, 5.41) is 12.9. The summed E-state index contributed by atoms with van der Waals surface area (Å²) in [6, 6.07) is 9.16. The van der Waals surface area contributed by atoms with Crippen molar-refractivity contribution in [2.45, 2.75) is 33.0 Å². The summed E-state index contributed by atoms with van der Waals surface area (Å²) in [4.78, 5) is 16.7. The van der Waals surface area contributed by atoms with E-state index in [1.807, 2.05) is 24.3 Å². The van der Waals surface area contributed by atoms with Crippen LogP contribution in [0.3, 0.4) is 0 Å². The average Bonchev–Trinajstić information content (AvgIpc) is 2.99. The van der Waals surface area contributed by atoms with Crippen molar-refractivity contribution in [3.05, 3.63) is 35.9 Å². The molecule has 0 bridgehead atoms. The monoisotopic (exact) mass is 401 g/mol. The fraction of sp³-hybridized carbons (Fsp3) is 0.300. The van der Waals surface area contributed by atoms with Gasteiger partial charge in [-0.3, -0.25) is 5.32 Å². The van der Waals surface area contributed by atoms with Gasteiger partial charge in [0, 0.05) is 11.3 Å². The Hall–Kier alpha value is -2.84. The van der Waals surface area contributed by atoms with Crippen LogP contribution in [0.1, 0.15) is 26.3 Å². The van der Waals surface area contributed by atoms with E-state index in [0.29, 0.717) is 33.2 Å². The zero-order valence-corrected chi connectivity index (χ0v) is 17.0. The molecule has 2 aromatic carbocycles. The van der Waals surface area contributed by atoms with Gasteiger partial charge in [0.2, 0.25) is 0 Å². The van der Waals surface area contributed by atoms with Crippen molar-refractivity contribution in [1.82, 2.24) is 4.98 Å². The third-order valence-electron chi connectivity index (χ3n) is 3.87. The number of benzene rings is 2. The Labute approximate surface area is 167 Å². The quantitative estimate of drug-likeness (QED) is 0.560. The SMILES string of the molecule is COc1c(CO)cc2sc(NC(=O)OC(C)(C)C)nc2c1-c1cccc(N)c1. The number of aliphatic hydroxyl groups excluding tert-OH is 1. The number of nitrogens with zero attached hydrogens (tertiary/aromatic N) is 1. The Balaban J connectivity index is 2.14. The number of hydrogen-bond donors (Lipinski definition) is 3. The predicted octanol–water partition coefficient (Wildman–Crippen LogP) is 4.39. The molecule has 8 heteroatoms. The number of methoxy groups -OCH3 is 1. The average molecular weight is 401 g/mol. The number of hydrogen-bond acceptors (Lipinski definition) is 7. The summed E-state index contributed by atoms with van der Waals surface area (Å²) in [5.41, 5.74) is 8.74. The molecular weight excluding hydrogens is 378 g/mol. The lowest BCUT2D eigenvalue weighted by molar-refractivity contribution is 0.0636. The van der Waals surface area contributed by atoms with E-state index in [2.05, 4.69) is 10.3 Å². The van der Waals surface area contributed by atoms with Gasteiger partial charge in [0.1, 0.15) is 11.4 Å². The van der Waals surface area contributed by atoms with E-state index in [1.165, 1.54) is 11.3 Å². The smallest absolute Gasteiger partial charge is 0.413 e. The van der Waals surface area contributed by atoms with Crippen molar-refractivity contribution in [3.8, 4) is 16.9 Å². The molecule has 1 amide bonds. The number of aromatic nitrogens is 1. The zero-order chi connectivity index (χ0) is 20.5. The Morgan fingerprint density at radius 3 is 2.68 bits per heavy atom. The minimum Gasteiger partial charge on any atom is -0.496 e. The maximum atomic E-state index is 12.1. The minimum absolute atomic E-state index is 0.193. The number of fused-ring (bicyclic) bond motifs is 1. The van der Waals surface area contributed by atoms with Crippen molar-refractivity contribution < 1.29 is 19.4 Å². The van der Waals surface area contributed by atoms with E-state index in [4.69, 9.17) is 15.2 Å². The van der Waals surface area contributed by atoms with Gasteiger partial charge in [0.05, 0.1) is 29.5 Å². The number of nitrogens with one attached hydrogen (secondary N) is 1. The van der Waals surface area contributed by atoms with Crippen LogP contribution in [0.15, 0.2) is 30.3 Å². The summed E-state index contributed by atoms with van der Waals surface area (Å²) in [7, 11) is 1.54. The molecule has 7 nitrogen and oxygen atoms in total. The van der Waals surface area contributed by atoms with E-state index in [9.17, 15) is 9.90 Å². The first kappa shape index (κ1) is 19.9. The van der Waals surface area contributed by atoms with Crippen molar-refractivity contribution in [2.24, 2.45) is 0 Å². The van der Waals surface area contributed by atoms with Crippen LogP contribution >= 0.6 is 11.3 Å². The van der Waals surface area contributed by atoms with E-state index in [0.717, 1.165) is 10.3 Å². The number of rotatable bonds is 4. The summed E-state index contributed by atoms with van der Waals surface area (Å²) < 4.78 is 11.7. The van der Waals surface area contributed by atoms with Gasteiger partial charge in [-0.05, 0) is 44.5 Å². The fourth-order valence-electron chi connectivity index (χ4n) is 2.86. The summed E-state index contributed by atoms with van der Waals surface area (Å²) >= 11 is 1.29. The lowest BCUT2D eigenvalue weighted by Gasteiger charge is -2.18. The van der Waals surface area contributed by atoms with Gasteiger partial charge < -0.3 is 20.3 Å². The molecule has 0 unspecified atom stereocenters. The highest BCUT2D eigenvalue weighted by Crippen LogP contribution is 2.43. The first-order valence-corrected chi connectivity index (χ1v) is 9.50. The number of amides is 1. The van der Waals surface area contributed by atoms with Gasteiger partial charge in [-0.2, -0.15) is 0 Å². The lowest BCUT2D eigenvalue weighted by atomic mass is 9.99. The second-order valence-corrected chi connectivity index (χ2v) is 8.25. The number of aliphatic hydroxyl groups is 1. The number of anilines is 2. The molecule has 148 valence electrons. The van der Waals surface area contributed by atoms with Crippen LogP contribution < -0.4 is 15.8 Å². The van der Waals surface area contributed by atoms with E-state index < -0.39 is 11.7 Å². The summed E-state index contributed by atoms with van der Waals surface area (Å²) in [6.45, 7) is 5.19. The molecule has 0 saturated heterocycles. The Morgan fingerprint density at radius 2 is 2.07 bits per heavy atom. The number of thiazole rings is 1. The van der Waals surface area contributed by atoms with Crippen LogP contribution in [0, 0.1) is 0 Å². The number of ether oxygens (including phenoxy) is 2. The number of nitrogen functional groups attached to an aromatic ring is 1. The zero-order valence-electron chi connectivity index (χ0n) is 16.2. The predicted molar refractivity (Wildman–Crippen MR) is 112 cm³/mol. The fourth-order valence-corrected chi connectivity index (χ4v) is 3.78. The molecule has 4 N–H and O–H groups in total. The Kier molecular flexibility index (Phi) is 5.44. The van der Waals surface area contributed by atoms with Crippen LogP contribution in [0.5, 0.6) is 5.75 Å². The molecule has 28 heavy (non-hydrogen) atoms. The third kappa shape index (κ3) is 4.18. The highest BCUT2D eigenvalue weighted by atomic mass is 32.1. The summed E-state index contributed by atoms with van der Waals surface area (Å²) in [5.74, 6) is 0.523. The Bertz CT molecular complexity index is 1020. The van der Waals surface area contributed by atoms with Gasteiger partial charge in [-0.15, -0.1) is 0 Å². The van der Waals surface area contributed by atoms with Crippen molar-refractivity contribution >= 4 is 38.5 Å². The number of nitrogens with two attached hydrogens (primary N) is 1. The van der Waals surface area contributed by atoms with Gasteiger partial charge in [0.15, 0.2) is 5.13 Å². The molecule has 3 rings (SSSR count). The van der Waals surface area contributed by atoms with Crippen molar-refractivity contribution in [3.63, 3.8) is 0 Å². The highest BCUT2D eigenvalue weighted by Gasteiger charge is 2.21. The molecule has 3 aromatic rings. The molecule has 0 aliphatic rings. The standard InChI is InChI=1S/C20H23N3O4S/c1-20(2,3)27-19(25)23-18-22-16-14(28-18)9-12(10-24)17(26-4)15(16)11-6-5-7-13(21)8-11/h5-9,24H,10,21H2,1-4H3,(H,22,23,25). The van der Waals surface area contributed by atoms with Gasteiger partial charge in [0.25, 0.3) is 0 Å². The van der Waals surface area contributed by atoms with Crippen LogP contribution in [-0.4, -0.2) is 28.9 Å². The van der Waals surface area contributed by atoms with Crippen LogP contribution in [0.2, 0.25) is 0 Å². The lowest BCUT2D eigenvalue weighted by Crippen LogP contribution is -2.27. The number of carbonyl (C=O) groups is 1. The normalized spacial score (nSPS) is 11.5. The molecule has 0 aliphatic heterocycles. The highest BCUT2D eigenvalue weighted by molar-refractivity contribution is 7.22. The third-order valence-corrected chi connectivity index (χ3v) is 4.79. The van der Waals surface area contributed by atoms with E-state index in [-0.39, 0.29) is 6.61 Å². The van der Waals surface area contributed by atoms with Crippen LogP contribution in [-0.2, 0) is 11.3 Å². The van der Waals surface area contributed by atoms with Crippen molar-refractivity contribution in [2.75, 3.05) is 18.2 Å². The van der Waals surface area contributed by atoms with Crippen LogP contribution in [0.4, 0.5) is 15.6 Å². The van der Waals surface area contributed by atoms with Gasteiger partial charge in [-0.1, -0.05) is 23.5 Å². The maximum Gasteiger partial charge on any atom is 0.413 e. The molecule has 1 aromatic heterocycles. The van der Waals surface area contributed by atoms with Gasteiger partial charge in [-0.25, -0.2) is 9.78 Å². The minimum atomic E-state index is -0.610. The molecule has 0 atom stereocenters. The first-order valence-electron chi connectivity index (χ1n) is 8.69. The van der Waals surface area contributed by atoms with Crippen LogP contribution in [0.25, 0.3) is 21.3 Å².